The molecule has 2 heterocycles. The highest BCUT2D eigenvalue weighted by Gasteiger charge is 2.21. The van der Waals surface area contributed by atoms with Crippen molar-refractivity contribution in [2.75, 3.05) is 44.7 Å². The van der Waals surface area contributed by atoms with Gasteiger partial charge in [-0.1, -0.05) is 6.92 Å². The molecule has 0 saturated carbocycles. The third-order valence-corrected chi connectivity index (χ3v) is 5.02. The van der Waals surface area contributed by atoms with Gasteiger partial charge in [0.15, 0.2) is 0 Å². The number of nitrogens with zero attached hydrogens (tertiary/aromatic N) is 2. The molecule has 1 aromatic rings. The topological polar surface area (TPSA) is 62.4 Å². The fourth-order valence-electron chi connectivity index (χ4n) is 3.71. The van der Waals surface area contributed by atoms with E-state index >= 15 is 0 Å². The van der Waals surface area contributed by atoms with E-state index in [1.807, 2.05) is 0 Å². The third kappa shape index (κ3) is 3.65. The second-order valence-corrected chi connectivity index (χ2v) is 6.45. The maximum Gasteiger partial charge on any atom is 0.144 e. The van der Waals surface area contributed by atoms with Crippen LogP contribution in [0.25, 0.3) is 0 Å². The van der Waals surface area contributed by atoms with Crippen molar-refractivity contribution in [3.63, 3.8) is 0 Å². The number of ether oxygens (including phenoxy) is 1. The molecular formula is C18H27N4O+. The van der Waals surface area contributed by atoms with Gasteiger partial charge in [0.25, 0.3) is 0 Å². The van der Waals surface area contributed by atoms with Crippen molar-refractivity contribution in [1.82, 2.24) is 4.98 Å². The average molecular weight is 315 g/mol. The predicted octanol–water partition coefficient (Wildman–Crippen LogP) is 0.721. The van der Waals surface area contributed by atoms with Crippen LogP contribution < -0.4 is 10.2 Å². The number of anilines is 1. The number of quaternary nitrogens is 1. The number of hydrogen-bond acceptors (Lipinski definition) is 4. The summed E-state index contributed by atoms with van der Waals surface area (Å²) in [5, 5.41) is 13.1. The summed E-state index contributed by atoms with van der Waals surface area (Å²) in [7, 11) is 0. The van der Waals surface area contributed by atoms with Gasteiger partial charge in [0.2, 0.25) is 0 Å². The van der Waals surface area contributed by atoms with Crippen molar-refractivity contribution >= 4 is 5.82 Å². The van der Waals surface area contributed by atoms with Crippen molar-refractivity contribution in [2.24, 2.45) is 0 Å². The Balaban J connectivity index is 1.74. The number of rotatable bonds is 5. The molecule has 124 valence electrons. The second kappa shape index (κ2) is 7.76. The summed E-state index contributed by atoms with van der Waals surface area (Å²) < 4.78 is 5.40. The monoisotopic (exact) mass is 315 g/mol. The molecule has 0 unspecified atom stereocenters. The number of fused-ring (bicyclic) bond motifs is 1. The van der Waals surface area contributed by atoms with E-state index in [1.54, 1.807) is 4.90 Å². The standard InChI is InChI=1S/C18H26N4O/c1-2-17-15-6-4-3-5-14(15)16(13-19)18(21-17)20-7-8-22-9-11-23-12-10-22/h2-12H2,1H3,(H,20,21)/p+1. The SMILES string of the molecule is CCc1nc(NCC[NH+]2CCOCC2)c(C#N)c2c1CCCC2. The van der Waals surface area contributed by atoms with E-state index in [4.69, 9.17) is 9.72 Å². The maximum absolute atomic E-state index is 9.63. The van der Waals surface area contributed by atoms with Crippen LogP contribution >= 0.6 is 0 Å². The van der Waals surface area contributed by atoms with Gasteiger partial charge in [-0.3, -0.25) is 0 Å². The van der Waals surface area contributed by atoms with Crippen LogP contribution in [-0.2, 0) is 24.0 Å². The molecule has 0 atom stereocenters. The molecule has 23 heavy (non-hydrogen) atoms. The highest BCUT2D eigenvalue weighted by molar-refractivity contribution is 5.60. The Bertz CT molecular complexity index is 588. The minimum atomic E-state index is 0.786. The van der Waals surface area contributed by atoms with Crippen LogP contribution in [0.3, 0.4) is 0 Å². The van der Waals surface area contributed by atoms with Crippen LogP contribution in [0.1, 0.15) is 42.1 Å². The van der Waals surface area contributed by atoms with Crippen molar-refractivity contribution in [2.45, 2.75) is 39.0 Å². The molecule has 2 aliphatic rings. The molecular weight excluding hydrogens is 288 g/mol. The molecule has 1 aromatic heterocycles. The Hall–Kier alpha value is -1.64. The van der Waals surface area contributed by atoms with Gasteiger partial charge >= 0.3 is 0 Å². The lowest BCUT2D eigenvalue weighted by molar-refractivity contribution is -0.906. The fourth-order valence-corrected chi connectivity index (χ4v) is 3.71. The van der Waals surface area contributed by atoms with Gasteiger partial charge in [0, 0.05) is 5.69 Å². The summed E-state index contributed by atoms with van der Waals surface area (Å²) in [6, 6.07) is 2.41. The Labute approximate surface area is 138 Å². The molecule has 2 N–H and O–H groups in total. The number of pyridine rings is 1. The van der Waals surface area contributed by atoms with E-state index in [2.05, 4.69) is 18.3 Å². The zero-order chi connectivity index (χ0) is 16.1. The normalized spacial score (nSPS) is 18.3. The lowest BCUT2D eigenvalue weighted by Crippen LogP contribution is -3.14. The maximum atomic E-state index is 9.63. The minimum absolute atomic E-state index is 0.786. The molecule has 1 aliphatic heterocycles. The molecule has 5 heteroatoms. The fraction of sp³-hybridized carbons (Fsp3) is 0.667. The van der Waals surface area contributed by atoms with E-state index in [9.17, 15) is 5.26 Å². The molecule has 1 saturated heterocycles. The van der Waals surface area contributed by atoms with Gasteiger partial charge in [-0.2, -0.15) is 5.26 Å². The quantitative estimate of drug-likeness (QED) is 0.840. The molecule has 0 aromatic carbocycles. The van der Waals surface area contributed by atoms with Crippen molar-refractivity contribution in [1.29, 1.82) is 5.26 Å². The summed E-state index contributed by atoms with van der Waals surface area (Å²) in [6.07, 6.45) is 5.46. The van der Waals surface area contributed by atoms with E-state index in [-0.39, 0.29) is 0 Å². The first-order valence-electron chi connectivity index (χ1n) is 8.93. The Kier molecular flexibility index (Phi) is 5.47. The first-order chi connectivity index (χ1) is 11.3. The van der Waals surface area contributed by atoms with E-state index in [0.29, 0.717) is 0 Å². The molecule has 0 radical (unpaired) electrons. The summed E-state index contributed by atoms with van der Waals surface area (Å²) in [5.74, 6) is 0.803. The van der Waals surface area contributed by atoms with E-state index in [0.717, 1.165) is 70.0 Å². The van der Waals surface area contributed by atoms with Gasteiger partial charge in [-0.25, -0.2) is 4.98 Å². The molecule has 3 rings (SSSR count). The van der Waals surface area contributed by atoms with E-state index in [1.165, 1.54) is 29.7 Å². The Morgan fingerprint density at radius 2 is 1.96 bits per heavy atom. The third-order valence-electron chi connectivity index (χ3n) is 5.02. The summed E-state index contributed by atoms with van der Waals surface area (Å²) in [6.45, 7) is 7.93. The van der Waals surface area contributed by atoms with Crippen LogP contribution in [-0.4, -0.2) is 44.4 Å². The highest BCUT2D eigenvalue weighted by Crippen LogP contribution is 2.30. The Morgan fingerprint density at radius 1 is 1.22 bits per heavy atom. The van der Waals surface area contributed by atoms with E-state index < -0.39 is 0 Å². The summed E-state index contributed by atoms with van der Waals surface area (Å²) >= 11 is 0. The predicted molar refractivity (Wildman–Crippen MR) is 89.8 cm³/mol. The number of hydrogen-bond donors (Lipinski definition) is 2. The zero-order valence-electron chi connectivity index (χ0n) is 14.1. The number of morpholine rings is 1. The lowest BCUT2D eigenvalue weighted by atomic mass is 9.87. The van der Waals surface area contributed by atoms with Gasteiger partial charge in [0.05, 0.1) is 31.9 Å². The van der Waals surface area contributed by atoms with Crippen LogP contribution in [0.4, 0.5) is 5.82 Å². The highest BCUT2D eigenvalue weighted by atomic mass is 16.5. The zero-order valence-corrected chi connectivity index (χ0v) is 14.1. The second-order valence-electron chi connectivity index (χ2n) is 6.45. The molecule has 1 fully saturated rings. The first kappa shape index (κ1) is 16.2. The van der Waals surface area contributed by atoms with Gasteiger partial charge < -0.3 is 15.0 Å². The van der Waals surface area contributed by atoms with Crippen molar-refractivity contribution < 1.29 is 9.64 Å². The number of aryl methyl sites for hydroxylation is 1. The number of aromatic nitrogens is 1. The number of nitrogens with one attached hydrogen (secondary N) is 2. The van der Waals surface area contributed by atoms with Crippen LogP contribution in [0.15, 0.2) is 0 Å². The molecule has 5 nitrogen and oxygen atoms in total. The molecule has 0 amide bonds. The van der Waals surface area contributed by atoms with Crippen molar-refractivity contribution in [3.05, 3.63) is 22.4 Å². The van der Waals surface area contributed by atoms with Gasteiger partial charge in [-0.15, -0.1) is 0 Å². The average Bonchev–Trinajstić information content (AvgIpc) is 2.61. The van der Waals surface area contributed by atoms with Crippen molar-refractivity contribution in [3.8, 4) is 6.07 Å². The molecule has 0 bridgehead atoms. The first-order valence-corrected chi connectivity index (χ1v) is 8.93. The van der Waals surface area contributed by atoms with Gasteiger partial charge in [-0.05, 0) is 43.2 Å². The van der Waals surface area contributed by atoms with Crippen LogP contribution in [0.2, 0.25) is 0 Å². The minimum Gasteiger partial charge on any atom is -0.370 e. The van der Waals surface area contributed by atoms with Crippen LogP contribution in [0, 0.1) is 11.3 Å². The number of nitriles is 1. The largest absolute Gasteiger partial charge is 0.370 e. The lowest BCUT2D eigenvalue weighted by Gasteiger charge is -2.25. The van der Waals surface area contributed by atoms with Crippen LogP contribution in [0.5, 0.6) is 0 Å². The summed E-state index contributed by atoms with van der Waals surface area (Å²) in [5.41, 5.74) is 4.57. The molecule has 1 aliphatic carbocycles. The van der Waals surface area contributed by atoms with Gasteiger partial charge in [0.1, 0.15) is 25.0 Å². The Morgan fingerprint density at radius 3 is 2.65 bits per heavy atom. The molecule has 0 spiro atoms. The smallest absolute Gasteiger partial charge is 0.144 e. The summed E-state index contributed by atoms with van der Waals surface area (Å²) in [4.78, 5) is 6.36.